The molecular weight excluding hydrogens is 624 g/mol. The van der Waals surface area contributed by atoms with E-state index in [1.165, 1.54) is 7.11 Å². The quantitative estimate of drug-likeness (QED) is 0.236. The molecule has 3 atom stereocenters. The zero-order valence-electron chi connectivity index (χ0n) is 27.5. The standard InChI is InChI=1S/C34H43ClN6O6/c1-6-46-32(43)34-20-22(34)11-9-7-8-10-16-40(4)33(44)36-25(31(42)38-34)15-18-47-27-19-28(41-17-14-24(39-41)21(2)3)37-30-23(27)12-13-26(45-5)29(30)35/h9,11-14,17,19,21-22,25H,6-8,10,15-16,18,20H2,1-5H3,(H,36,44)(H,38,42)/b11-9-/t22-,25+,34-/m1/s1. The predicted molar refractivity (Wildman–Crippen MR) is 178 cm³/mol. The van der Waals surface area contributed by atoms with E-state index in [2.05, 4.69) is 29.6 Å². The fourth-order valence-corrected chi connectivity index (χ4v) is 5.95. The molecule has 12 nitrogen and oxygen atoms in total. The topological polar surface area (TPSA) is 137 Å². The van der Waals surface area contributed by atoms with E-state index in [1.807, 2.05) is 30.5 Å². The van der Waals surface area contributed by atoms with Crippen LogP contribution in [0.1, 0.15) is 64.5 Å². The van der Waals surface area contributed by atoms with Crippen molar-refractivity contribution in [2.45, 2.75) is 70.4 Å². The molecule has 1 aliphatic carbocycles. The van der Waals surface area contributed by atoms with Gasteiger partial charge >= 0.3 is 12.0 Å². The smallest absolute Gasteiger partial charge is 0.332 e. The first-order chi connectivity index (χ1) is 22.6. The van der Waals surface area contributed by atoms with Crippen LogP contribution in [0.2, 0.25) is 5.02 Å². The van der Waals surface area contributed by atoms with Crippen molar-refractivity contribution in [1.82, 2.24) is 30.3 Å². The molecule has 0 spiro atoms. The molecular formula is C34H43ClN6O6. The number of ether oxygens (including phenoxy) is 3. The number of nitrogens with one attached hydrogen (secondary N) is 2. The molecule has 2 aliphatic rings. The summed E-state index contributed by atoms with van der Waals surface area (Å²) in [6, 6.07) is 5.87. The van der Waals surface area contributed by atoms with E-state index in [4.69, 9.17) is 30.8 Å². The molecule has 13 heteroatoms. The Morgan fingerprint density at radius 2 is 2.00 bits per heavy atom. The van der Waals surface area contributed by atoms with Gasteiger partial charge in [0.05, 0.1) is 31.5 Å². The number of allylic oxidation sites excluding steroid dienone is 1. The van der Waals surface area contributed by atoms with Crippen molar-refractivity contribution in [3.63, 3.8) is 0 Å². The Morgan fingerprint density at radius 1 is 1.19 bits per heavy atom. The van der Waals surface area contributed by atoms with Crippen LogP contribution in [0.5, 0.6) is 11.5 Å². The molecule has 1 aromatic carbocycles. The summed E-state index contributed by atoms with van der Waals surface area (Å²) in [7, 11) is 3.23. The van der Waals surface area contributed by atoms with Gasteiger partial charge in [0.15, 0.2) is 5.82 Å². The van der Waals surface area contributed by atoms with E-state index in [0.29, 0.717) is 46.2 Å². The van der Waals surface area contributed by atoms with Crippen LogP contribution in [0.3, 0.4) is 0 Å². The minimum absolute atomic E-state index is 0.0520. The summed E-state index contributed by atoms with van der Waals surface area (Å²) in [5.74, 6) is 0.510. The molecule has 5 rings (SSSR count). The Labute approximate surface area is 279 Å². The normalized spacial score (nSPS) is 22.6. The Morgan fingerprint density at radius 3 is 2.72 bits per heavy atom. The van der Waals surface area contributed by atoms with Crippen LogP contribution >= 0.6 is 11.6 Å². The summed E-state index contributed by atoms with van der Waals surface area (Å²) >= 11 is 6.70. The zero-order chi connectivity index (χ0) is 33.7. The zero-order valence-corrected chi connectivity index (χ0v) is 28.3. The first-order valence-electron chi connectivity index (χ1n) is 16.1. The van der Waals surface area contributed by atoms with Crippen molar-refractivity contribution in [3.05, 3.63) is 53.3 Å². The SMILES string of the molecule is CCOC(=O)[C@@]12C[C@H]1/C=C\CCCCN(C)C(=O)N[C@@H](CCOc1cc(-n3ccc(C(C)C)n3)nc3c(Cl)c(OC)ccc13)C(=O)N2. The van der Waals surface area contributed by atoms with Gasteiger partial charge in [0.2, 0.25) is 5.91 Å². The molecule has 1 saturated carbocycles. The molecule has 252 valence electrons. The van der Waals surface area contributed by atoms with Gasteiger partial charge in [-0.05, 0) is 56.7 Å². The number of hydrogen-bond acceptors (Lipinski definition) is 8. The predicted octanol–water partition coefficient (Wildman–Crippen LogP) is 5.16. The van der Waals surface area contributed by atoms with Crippen molar-refractivity contribution in [3.8, 4) is 17.3 Å². The molecule has 0 bridgehead atoms. The average molecular weight is 667 g/mol. The minimum atomic E-state index is -1.16. The van der Waals surface area contributed by atoms with Crippen LogP contribution < -0.4 is 20.1 Å². The lowest BCUT2D eigenvalue weighted by Crippen LogP contribution is -2.56. The molecule has 2 aromatic heterocycles. The number of fused-ring (bicyclic) bond motifs is 2. The van der Waals surface area contributed by atoms with Crippen molar-refractivity contribution in [2.75, 3.05) is 33.9 Å². The molecule has 3 heterocycles. The number of carbonyl (C=O) groups excluding carboxylic acids is 3. The number of methoxy groups -OCH3 is 1. The second-order valence-corrected chi connectivity index (χ2v) is 12.7. The summed E-state index contributed by atoms with van der Waals surface area (Å²) < 4.78 is 18.7. The Balaban J connectivity index is 1.42. The fraction of sp³-hybridized carbons (Fsp3) is 0.500. The molecule has 1 fully saturated rings. The minimum Gasteiger partial charge on any atom is -0.495 e. The molecule has 47 heavy (non-hydrogen) atoms. The average Bonchev–Trinajstić information content (AvgIpc) is 3.50. The molecule has 3 amide bonds. The van der Waals surface area contributed by atoms with Crippen LogP contribution in [-0.2, 0) is 14.3 Å². The summed E-state index contributed by atoms with van der Waals surface area (Å²) in [5.41, 5.74) is 0.212. The van der Waals surface area contributed by atoms with Gasteiger partial charge in [-0.15, -0.1) is 0 Å². The molecule has 0 unspecified atom stereocenters. The molecule has 1 aliphatic heterocycles. The van der Waals surface area contributed by atoms with Crippen molar-refractivity contribution in [2.24, 2.45) is 5.92 Å². The number of hydrogen-bond donors (Lipinski definition) is 2. The number of nitrogens with zero attached hydrogens (tertiary/aromatic N) is 4. The second-order valence-electron chi connectivity index (χ2n) is 12.3. The molecule has 0 radical (unpaired) electrons. The Bertz CT molecular complexity index is 1660. The van der Waals surface area contributed by atoms with Crippen LogP contribution in [-0.4, -0.2) is 83.1 Å². The third-order valence-electron chi connectivity index (χ3n) is 8.60. The highest BCUT2D eigenvalue weighted by atomic mass is 35.5. The number of urea groups is 1. The summed E-state index contributed by atoms with van der Waals surface area (Å²) in [6.07, 6.45) is 8.93. The number of halogens is 1. The maximum absolute atomic E-state index is 13.8. The fourth-order valence-electron chi connectivity index (χ4n) is 5.67. The number of rotatable bonds is 9. The van der Waals surface area contributed by atoms with Crippen LogP contribution in [0, 0.1) is 5.92 Å². The third kappa shape index (κ3) is 7.48. The van der Waals surface area contributed by atoms with Crippen molar-refractivity contribution < 1.29 is 28.6 Å². The second kappa shape index (κ2) is 14.6. The Hall–Kier alpha value is -4.32. The largest absolute Gasteiger partial charge is 0.495 e. The van der Waals surface area contributed by atoms with Gasteiger partial charge in [0, 0.05) is 43.6 Å². The lowest BCUT2D eigenvalue weighted by molar-refractivity contribution is -0.149. The van der Waals surface area contributed by atoms with Gasteiger partial charge in [-0.2, -0.15) is 5.10 Å². The van der Waals surface area contributed by atoms with Crippen molar-refractivity contribution in [1.29, 1.82) is 0 Å². The highest BCUT2D eigenvalue weighted by Crippen LogP contribution is 2.46. The number of amides is 3. The van der Waals surface area contributed by atoms with Gasteiger partial charge in [-0.25, -0.2) is 19.3 Å². The van der Waals surface area contributed by atoms with Gasteiger partial charge in [-0.1, -0.05) is 37.6 Å². The van der Waals surface area contributed by atoms with E-state index >= 15 is 0 Å². The lowest BCUT2D eigenvalue weighted by atomic mass is 10.1. The first-order valence-corrected chi connectivity index (χ1v) is 16.5. The number of pyridine rings is 1. The van der Waals surface area contributed by atoms with E-state index in [-0.39, 0.29) is 37.5 Å². The van der Waals surface area contributed by atoms with Gasteiger partial charge < -0.3 is 29.7 Å². The van der Waals surface area contributed by atoms with Crippen LogP contribution in [0.4, 0.5) is 4.79 Å². The van der Waals surface area contributed by atoms with Crippen molar-refractivity contribution >= 4 is 40.4 Å². The highest BCUT2D eigenvalue weighted by Gasteiger charge is 2.61. The maximum atomic E-state index is 13.8. The lowest BCUT2D eigenvalue weighted by Gasteiger charge is -2.26. The van der Waals surface area contributed by atoms with E-state index in [9.17, 15) is 14.4 Å². The summed E-state index contributed by atoms with van der Waals surface area (Å²) in [5, 5.41) is 11.4. The summed E-state index contributed by atoms with van der Waals surface area (Å²) in [4.78, 5) is 46.3. The highest BCUT2D eigenvalue weighted by molar-refractivity contribution is 6.36. The summed E-state index contributed by atoms with van der Waals surface area (Å²) in [6.45, 7) is 6.64. The van der Waals surface area contributed by atoms with E-state index < -0.39 is 23.5 Å². The number of benzene rings is 1. The number of esters is 1. The molecule has 0 saturated heterocycles. The first kappa shape index (κ1) is 34.0. The maximum Gasteiger partial charge on any atom is 0.332 e. The molecule has 3 aromatic rings. The Kier molecular flexibility index (Phi) is 10.6. The third-order valence-corrected chi connectivity index (χ3v) is 8.96. The number of carbonyl (C=O) groups is 3. The number of aromatic nitrogens is 3. The molecule has 2 N–H and O–H groups in total. The van der Waals surface area contributed by atoms with Crippen LogP contribution in [0.15, 0.2) is 42.6 Å². The van der Waals surface area contributed by atoms with E-state index in [1.54, 1.807) is 35.7 Å². The van der Waals surface area contributed by atoms with E-state index in [0.717, 1.165) is 25.0 Å². The van der Waals surface area contributed by atoms with Gasteiger partial charge in [0.25, 0.3) is 0 Å². The monoisotopic (exact) mass is 666 g/mol. The van der Waals surface area contributed by atoms with Gasteiger partial charge in [-0.3, -0.25) is 4.79 Å². The van der Waals surface area contributed by atoms with Crippen LogP contribution in [0.25, 0.3) is 16.7 Å². The van der Waals surface area contributed by atoms with Gasteiger partial charge in [0.1, 0.15) is 28.1 Å².